The van der Waals surface area contributed by atoms with Crippen LogP contribution in [0.3, 0.4) is 0 Å². The summed E-state index contributed by atoms with van der Waals surface area (Å²) in [6.07, 6.45) is 3.67. The molecule has 2 aliphatic heterocycles. The SMILES string of the molecule is CC1(C)c2cccnc2N2c3sc(/C=C4/C(=O)c5cc6cc[se]c6cc5C4=O)cc3C(C)(C)c3cccc1c32. The summed E-state index contributed by atoms with van der Waals surface area (Å²) in [5.41, 5.74) is 7.02. The van der Waals surface area contributed by atoms with Crippen LogP contribution in [-0.4, -0.2) is 31.1 Å². The molecule has 3 aliphatic rings. The van der Waals surface area contributed by atoms with Crippen LogP contribution in [0.5, 0.6) is 0 Å². The molecule has 0 fully saturated rings. The Kier molecular flexibility index (Phi) is 4.51. The zero-order valence-corrected chi connectivity index (χ0v) is 24.5. The molecule has 0 N–H and O–H groups in total. The molecule has 8 rings (SSSR count). The van der Waals surface area contributed by atoms with Crippen molar-refractivity contribution in [3.63, 3.8) is 0 Å². The van der Waals surface area contributed by atoms with Gasteiger partial charge in [-0.2, -0.15) is 0 Å². The van der Waals surface area contributed by atoms with Crippen LogP contribution in [0.4, 0.5) is 16.5 Å². The standard InChI is InChI=1S/C33H24N2O2SSe/c1-32(2)22-7-5-8-23-27(22)35(30-24(32)9-6-11-34-30)31-25(33(23,3)4)15-18(38-31)14-21-28(36)19-13-17-10-12-39-26(17)16-20(19)29(21)37/h5-16H,1-4H3/b21-14-. The number of rotatable bonds is 1. The van der Waals surface area contributed by atoms with Gasteiger partial charge in [-0.1, -0.05) is 32.0 Å². The number of thiophene rings is 1. The second kappa shape index (κ2) is 7.54. The van der Waals surface area contributed by atoms with Gasteiger partial charge >= 0.3 is 187 Å². The zero-order valence-electron chi connectivity index (χ0n) is 22.0. The van der Waals surface area contributed by atoms with E-state index in [1.165, 1.54) is 32.2 Å². The minimum absolute atomic E-state index is 0.163. The number of ketones is 2. The van der Waals surface area contributed by atoms with Crippen molar-refractivity contribution >= 4 is 69.6 Å². The molecule has 190 valence electrons. The number of anilines is 3. The Morgan fingerprint density at radius 2 is 1.54 bits per heavy atom. The van der Waals surface area contributed by atoms with Gasteiger partial charge in [-0.3, -0.25) is 0 Å². The van der Waals surface area contributed by atoms with Gasteiger partial charge in [-0.25, -0.2) is 0 Å². The molecule has 0 spiro atoms. The van der Waals surface area contributed by atoms with E-state index >= 15 is 0 Å². The molecule has 5 heterocycles. The molecule has 0 radical (unpaired) electrons. The topological polar surface area (TPSA) is 50.3 Å². The van der Waals surface area contributed by atoms with Gasteiger partial charge in [0.2, 0.25) is 0 Å². The fraction of sp³-hybridized carbons (Fsp3) is 0.182. The van der Waals surface area contributed by atoms with Crippen LogP contribution in [0, 0.1) is 0 Å². The Bertz CT molecular complexity index is 1920. The third-order valence-electron chi connectivity index (χ3n) is 8.74. The second-order valence-electron chi connectivity index (χ2n) is 11.6. The molecule has 0 saturated carbocycles. The molecule has 0 atom stereocenters. The van der Waals surface area contributed by atoms with Gasteiger partial charge in [0, 0.05) is 11.6 Å². The Morgan fingerprint density at radius 3 is 2.31 bits per heavy atom. The van der Waals surface area contributed by atoms with Crippen molar-refractivity contribution in [1.29, 1.82) is 0 Å². The molecule has 0 bridgehead atoms. The van der Waals surface area contributed by atoms with E-state index in [1.807, 2.05) is 30.5 Å². The molecular weight excluding hydrogens is 567 g/mol. The van der Waals surface area contributed by atoms with E-state index in [0.717, 1.165) is 21.1 Å². The fourth-order valence-corrected chi connectivity index (χ4v) is 9.56. The number of nitrogens with zero attached hydrogens (tertiary/aromatic N) is 2. The summed E-state index contributed by atoms with van der Waals surface area (Å²) in [6, 6.07) is 18.9. The molecule has 1 aliphatic carbocycles. The van der Waals surface area contributed by atoms with E-state index in [0.29, 0.717) is 11.1 Å². The Hall–Kier alpha value is -3.57. The summed E-state index contributed by atoms with van der Waals surface area (Å²) in [5, 5.41) is 2.17. The third-order valence-corrected chi connectivity index (χ3v) is 11.7. The first-order valence-corrected chi connectivity index (χ1v) is 15.7. The number of hydrogen-bond donors (Lipinski definition) is 0. The summed E-state index contributed by atoms with van der Waals surface area (Å²) >= 11 is 1.85. The van der Waals surface area contributed by atoms with Gasteiger partial charge in [0.25, 0.3) is 0 Å². The summed E-state index contributed by atoms with van der Waals surface area (Å²) in [7, 11) is 0. The number of carbonyl (C=O) groups excluding carboxylic acids is 2. The van der Waals surface area contributed by atoms with Crippen molar-refractivity contribution in [2.24, 2.45) is 0 Å². The van der Waals surface area contributed by atoms with Crippen molar-refractivity contribution in [2.45, 2.75) is 38.5 Å². The van der Waals surface area contributed by atoms with Gasteiger partial charge in [0.1, 0.15) is 0 Å². The molecular formula is C33H24N2O2SSe. The van der Waals surface area contributed by atoms with Crippen LogP contribution in [0.1, 0.15) is 75.5 Å². The van der Waals surface area contributed by atoms with Crippen LogP contribution >= 0.6 is 11.3 Å². The Labute approximate surface area is 236 Å². The molecule has 39 heavy (non-hydrogen) atoms. The van der Waals surface area contributed by atoms with Gasteiger partial charge < -0.3 is 0 Å². The summed E-state index contributed by atoms with van der Waals surface area (Å²) in [5.74, 6) is 0.613. The Balaban J connectivity index is 1.32. The van der Waals surface area contributed by atoms with Crippen LogP contribution in [0.2, 0.25) is 0 Å². The van der Waals surface area contributed by atoms with Gasteiger partial charge in [-0.05, 0) is 6.07 Å². The quantitative estimate of drug-likeness (QED) is 0.115. The summed E-state index contributed by atoms with van der Waals surface area (Å²) in [4.78, 5) is 37.1. The average molecular weight is 592 g/mol. The number of benzene rings is 2. The predicted octanol–water partition coefficient (Wildman–Crippen LogP) is 7.56. The molecule has 4 nitrogen and oxygen atoms in total. The van der Waals surface area contributed by atoms with Crippen LogP contribution in [0.25, 0.3) is 15.7 Å². The first-order chi connectivity index (χ1) is 18.7. The Morgan fingerprint density at radius 1 is 0.846 bits per heavy atom. The van der Waals surface area contributed by atoms with Crippen molar-refractivity contribution < 1.29 is 9.59 Å². The second-order valence-corrected chi connectivity index (χ2v) is 14.7. The van der Waals surface area contributed by atoms with Crippen molar-refractivity contribution in [1.82, 2.24) is 4.98 Å². The van der Waals surface area contributed by atoms with E-state index in [9.17, 15) is 9.59 Å². The average Bonchev–Trinajstić information content (AvgIpc) is 3.62. The molecule has 5 aromatic rings. The van der Waals surface area contributed by atoms with Gasteiger partial charge in [-0.15, -0.1) is 0 Å². The maximum atomic E-state index is 13.5. The maximum absolute atomic E-state index is 13.5. The third kappa shape index (κ3) is 2.92. The number of aromatic nitrogens is 1. The molecule has 0 amide bonds. The summed E-state index contributed by atoms with van der Waals surface area (Å²) in [6.45, 7) is 9.08. The normalized spacial score (nSPS) is 18.8. The predicted molar refractivity (Wildman–Crippen MR) is 159 cm³/mol. The van der Waals surface area contributed by atoms with E-state index < -0.39 is 0 Å². The zero-order chi connectivity index (χ0) is 26.8. The van der Waals surface area contributed by atoms with Crippen LogP contribution in [0.15, 0.2) is 71.3 Å². The number of fused-ring (bicyclic) bond motifs is 6. The number of Topliss-reactive ketones (excluding diaryl/α,β-unsaturated/α-hetero) is 2. The van der Waals surface area contributed by atoms with E-state index in [-0.39, 0.29) is 42.5 Å². The number of para-hydroxylation sites is 1. The van der Waals surface area contributed by atoms with E-state index in [1.54, 1.807) is 11.3 Å². The molecule has 6 heteroatoms. The molecule has 3 aromatic heterocycles. The van der Waals surface area contributed by atoms with Crippen LogP contribution < -0.4 is 4.90 Å². The molecule has 0 unspecified atom stereocenters. The first kappa shape index (κ1) is 23.3. The van der Waals surface area contributed by atoms with E-state index in [2.05, 4.69) is 73.9 Å². The first-order valence-electron chi connectivity index (χ1n) is 13.0. The van der Waals surface area contributed by atoms with Crippen molar-refractivity contribution in [2.75, 3.05) is 4.90 Å². The molecule has 2 aromatic carbocycles. The number of allylic oxidation sites excluding steroid dienone is 1. The van der Waals surface area contributed by atoms with Gasteiger partial charge in [0.15, 0.2) is 0 Å². The van der Waals surface area contributed by atoms with E-state index in [4.69, 9.17) is 4.98 Å². The van der Waals surface area contributed by atoms with Crippen molar-refractivity contribution in [3.8, 4) is 0 Å². The molecule has 0 saturated heterocycles. The number of hydrogen-bond acceptors (Lipinski definition) is 5. The number of pyridine rings is 1. The summed E-state index contributed by atoms with van der Waals surface area (Å²) < 4.78 is 1.17. The minimum atomic E-state index is -0.255. The fourth-order valence-electron chi connectivity index (χ4n) is 6.59. The number of carbonyl (C=O) groups is 2. The monoisotopic (exact) mass is 592 g/mol. The van der Waals surface area contributed by atoms with Crippen LogP contribution in [-0.2, 0) is 10.8 Å². The van der Waals surface area contributed by atoms with Gasteiger partial charge in [0.05, 0.1) is 0 Å². The van der Waals surface area contributed by atoms with Crippen molar-refractivity contribution in [3.05, 3.63) is 110 Å².